The van der Waals surface area contributed by atoms with E-state index in [9.17, 15) is 4.79 Å². The van der Waals surface area contributed by atoms with Crippen molar-refractivity contribution in [2.24, 2.45) is 5.92 Å². The van der Waals surface area contributed by atoms with E-state index in [2.05, 4.69) is 4.98 Å². The first kappa shape index (κ1) is 9.39. The minimum Gasteiger partial charge on any atom is -0.441 e. The minimum absolute atomic E-state index is 0.104. The Kier molecular flexibility index (Phi) is 1.96. The zero-order chi connectivity index (χ0) is 11.1. The molecule has 0 atom stereocenters. The molecule has 16 heavy (non-hydrogen) atoms. The van der Waals surface area contributed by atoms with E-state index >= 15 is 0 Å². The molecule has 1 aromatic carbocycles. The molecule has 4 nitrogen and oxygen atoms in total. The second kappa shape index (κ2) is 3.33. The molecule has 4 heteroatoms. The van der Waals surface area contributed by atoms with Crippen molar-refractivity contribution in [2.45, 2.75) is 19.8 Å². The highest BCUT2D eigenvalue weighted by Crippen LogP contribution is 2.31. The summed E-state index contributed by atoms with van der Waals surface area (Å²) in [6, 6.07) is 5.24. The first-order chi connectivity index (χ1) is 7.72. The number of rotatable bonds is 2. The monoisotopic (exact) mass is 217 g/mol. The van der Waals surface area contributed by atoms with Gasteiger partial charge >= 0.3 is 5.97 Å². The van der Waals surface area contributed by atoms with Crippen LogP contribution in [0.1, 0.15) is 18.7 Å². The highest BCUT2D eigenvalue weighted by atomic mass is 16.5. The number of oxazole rings is 1. The summed E-state index contributed by atoms with van der Waals surface area (Å²) in [5.74, 6) is 1.10. The molecule has 1 aliphatic rings. The predicted octanol–water partition coefficient (Wildman–Crippen LogP) is 2.45. The summed E-state index contributed by atoms with van der Waals surface area (Å²) in [6.07, 6.45) is 1.89. The van der Waals surface area contributed by atoms with Crippen LogP contribution < -0.4 is 4.74 Å². The molecule has 1 aliphatic carbocycles. The lowest BCUT2D eigenvalue weighted by Crippen LogP contribution is -2.09. The number of benzene rings is 1. The second-order valence-corrected chi connectivity index (χ2v) is 4.06. The highest BCUT2D eigenvalue weighted by Gasteiger charge is 2.31. The molecule has 0 unspecified atom stereocenters. The van der Waals surface area contributed by atoms with Crippen LogP contribution in [0.3, 0.4) is 0 Å². The van der Waals surface area contributed by atoms with E-state index in [1.165, 1.54) is 0 Å². The van der Waals surface area contributed by atoms with Gasteiger partial charge in [0, 0.05) is 13.0 Å². The molecular weight excluding hydrogens is 206 g/mol. The van der Waals surface area contributed by atoms with Crippen molar-refractivity contribution < 1.29 is 13.9 Å². The fraction of sp³-hybridized carbons (Fsp3) is 0.333. The standard InChI is InChI=1S/C12H11NO3/c1-7-13-10-5-4-9(6-11(10)15-7)16-12(14)8-2-3-8/h4-6,8H,2-3H2,1H3. The van der Waals surface area contributed by atoms with Crippen LogP contribution in [0.5, 0.6) is 5.75 Å². The van der Waals surface area contributed by atoms with E-state index in [0.717, 1.165) is 18.4 Å². The van der Waals surface area contributed by atoms with Gasteiger partial charge in [0.15, 0.2) is 11.5 Å². The molecule has 1 aromatic heterocycles. The van der Waals surface area contributed by atoms with Crippen LogP contribution in [0.4, 0.5) is 0 Å². The Hall–Kier alpha value is -1.84. The van der Waals surface area contributed by atoms with E-state index in [4.69, 9.17) is 9.15 Å². The molecule has 1 fully saturated rings. The number of carbonyl (C=O) groups excluding carboxylic acids is 1. The first-order valence-electron chi connectivity index (χ1n) is 5.31. The van der Waals surface area contributed by atoms with E-state index in [0.29, 0.717) is 17.2 Å². The van der Waals surface area contributed by atoms with Gasteiger partial charge in [0.25, 0.3) is 0 Å². The summed E-state index contributed by atoms with van der Waals surface area (Å²) in [5.41, 5.74) is 1.43. The molecule has 2 aromatic rings. The van der Waals surface area contributed by atoms with Gasteiger partial charge in [-0.05, 0) is 25.0 Å². The van der Waals surface area contributed by atoms with Crippen LogP contribution in [0.15, 0.2) is 22.6 Å². The summed E-state index contributed by atoms with van der Waals surface area (Å²) in [5, 5.41) is 0. The quantitative estimate of drug-likeness (QED) is 0.572. The number of aromatic nitrogens is 1. The van der Waals surface area contributed by atoms with Crippen LogP contribution in [0.25, 0.3) is 11.1 Å². The Bertz CT molecular complexity index is 554. The Morgan fingerprint density at radius 2 is 2.31 bits per heavy atom. The van der Waals surface area contributed by atoms with E-state index < -0.39 is 0 Å². The molecule has 1 saturated carbocycles. The number of carbonyl (C=O) groups is 1. The first-order valence-corrected chi connectivity index (χ1v) is 5.31. The van der Waals surface area contributed by atoms with Gasteiger partial charge in [-0.1, -0.05) is 0 Å². The number of hydrogen-bond acceptors (Lipinski definition) is 4. The van der Waals surface area contributed by atoms with Gasteiger partial charge < -0.3 is 9.15 Å². The van der Waals surface area contributed by atoms with Crippen molar-refractivity contribution in [3.05, 3.63) is 24.1 Å². The maximum absolute atomic E-state index is 11.4. The molecule has 3 rings (SSSR count). The number of aryl methyl sites for hydroxylation is 1. The average Bonchev–Trinajstić information content (AvgIpc) is 3.01. The SMILES string of the molecule is Cc1nc2ccc(OC(=O)C3CC3)cc2o1. The normalized spacial score (nSPS) is 15.3. The summed E-state index contributed by atoms with van der Waals surface area (Å²) in [6.45, 7) is 1.79. The topological polar surface area (TPSA) is 52.3 Å². The van der Waals surface area contributed by atoms with Crippen molar-refractivity contribution in [1.29, 1.82) is 0 Å². The maximum atomic E-state index is 11.4. The van der Waals surface area contributed by atoms with E-state index in [-0.39, 0.29) is 11.9 Å². The van der Waals surface area contributed by atoms with Gasteiger partial charge in [-0.25, -0.2) is 4.98 Å². The summed E-state index contributed by atoms with van der Waals surface area (Å²) >= 11 is 0. The Morgan fingerprint density at radius 3 is 3.06 bits per heavy atom. The molecular formula is C12H11NO3. The highest BCUT2D eigenvalue weighted by molar-refractivity contribution is 5.80. The molecule has 0 bridgehead atoms. The van der Waals surface area contributed by atoms with E-state index in [1.807, 2.05) is 0 Å². The molecule has 0 amide bonds. The third kappa shape index (κ3) is 1.66. The molecule has 0 spiro atoms. The molecule has 82 valence electrons. The fourth-order valence-corrected chi connectivity index (χ4v) is 1.60. The van der Waals surface area contributed by atoms with Crippen molar-refractivity contribution in [2.75, 3.05) is 0 Å². The van der Waals surface area contributed by atoms with Gasteiger partial charge in [-0.3, -0.25) is 4.79 Å². The smallest absolute Gasteiger partial charge is 0.314 e. The number of nitrogens with zero attached hydrogens (tertiary/aromatic N) is 1. The Morgan fingerprint density at radius 1 is 1.50 bits per heavy atom. The van der Waals surface area contributed by atoms with Gasteiger partial charge in [0.2, 0.25) is 0 Å². The van der Waals surface area contributed by atoms with E-state index in [1.54, 1.807) is 25.1 Å². The molecule has 0 N–H and O–H groups in total. The zero-order valence-corrected chi connectivity index (χ0v) is 8.90. The zero-order valence-electron chi connectivity index (χ0n) is 8.90. The van der Waals surface area contributed by atoms with Crippen molar-refractivity contribution in [3.8, 4) is 5.75 Å². The fourth-order valence-electron chi connectivity index (χ4n) is 1.60. The van der Waals surface area contributed by atoms with Crippen molar-refractivity contribution in [3.63, 3.8) is 0 Å². The molecule has 0 aliphatic heterocycles. The van der Waals surface area contributed by atoms with Crippen LogP contribution in [-0.4, -0.2) is 11.0 Å². The number of esters is 1. The Labute approximate surface area is 92.2 Å². The third-order valence-electron chi connectivity index (χ3n) is 2.60. The number of fused-ring (bicyclic) bond motifs is 1. The Balaban J connectivity index is 1.88. The van der Waals surface area contributed by atoms with Gasteiger partial charge in [-0.15, -0.1) is 0 Å². The van der Waals surface area contributed by atoms with Gasteiger partial charge in [0.05, 0.1) is 5.92 Å². The van der Waals surface area contributed by atoms with Crippen molar-refractivity contribution in [1.82, 2.24) is 4.98 Å². The second-order valence-electron chi connectivity index (χ2n) is 4.06. The van der Waals surface area contributed by atoms with Crippen LogP contribution in [-0.2, 0) is 4.79 Å². The summed E-state index contributed by atoms with van der Waals surface area (Å²) in [7, 11) is 0. The summed E-state index contributed by atoms with van der Waals surface area (Å²) in [4.78, 5) is 15.6. The van der Waals surface area contributed by atoms with Crippen LogP contribution >= 0.6 is 0 Å². The number of hydrogen-bond donors (Lipinski definition) is 0. The molecule has 0 radical (unpaired) electrons. The molecule has 1 heterocycles. The lowest BCUT2D eigenvalue weighted by atomic mass is 10.3. The van der Waals surface area contributed by atoms with Gasteiger partial charge in [-0.2, -0.15) is 0 Å². The van der Waals surface area contributed by atoms with Crippen molar-refractivity contribution >= 4 is 17.1 Å². The minimum atomic E-state index is -0.143. The maximum Gasteiger partial charge on any atom is 0.314 e. The predicted molar refractivity (Wildman–Crippen MR) is 57.1 cm³/mol. The summed E-state index contributed by atoms with van der Waals surface area (Å²) < 4.78 is 10.6. The lowest BCUT2D eigenvalue weighted by Gasteiger charge is -2.01. The third-order valence-corrected chi connectivity index (χ3v) is 2.60. The lowest BCUT2D eigenvalue weighted by molar-refractivity contribution is -0.135. The average molecular weight is 217 g/mol. The van der Waals surface area contributed by atoms with Crippen LogP contribution in [0.2, 0.25) is 0 Å². The van der Waals surface area contributed by atoms with Crippen LogP contribution in [0, 0.1) is 12.8 Å². The number of ether oxygens (including phenoxy) is 1. The largest absolute Gasteiger partial charge is 0.441 e. The van der Waals surface area contributed by atoms with Gasteiger partial charge in [0.1, 0.15) is 11.3 Å². The molecule has 0 saturated heterocycles.